The van der Waals surface area contributed by atoms with Gasteiger partial charge in [0.25, 0.3) is 0 Å². The van der Waals surface area contributed by atoms with Gasteiger partial charge in [-0.1, -0.05) is 64.7 Å². The molecule has 0 aromatic rings. The van der Waals surface area contributed by atoms with Crippen LogP contribution in [0.15, 0.2) is 0 Å². The van der Waals surface area contributed by atoms with Crippen molar-refractivity contribution >= 4 is 0 Å². The van der Waals surface area contributed by atoms with Gasteiger partial charge in [-0.05, 0) is 39.5 Å². The SMILES string of the molecule is CCCCCCCCCCC[C@@]1(CCCCO)COC(C)(C)O1. The summed E-state index contributed by atoms with van der Waals surface area (Å²) >= 11 is 0. The van der Waals surface area contributed by atoms with Crippen LogP contribution in [0.4, 0.5) is 0 Å². The maximum absolute atomic E-state index is 9.01. The van der Waals surface area contributed by atoms with E-state index in [4.69, 9.17) is 14.6 Å². The van der Waals surface area contributed by atoms with Crippen molar-refractivity contribution < 1.29 is 14.6 Å². The summed E-state index contributed by atoms with van der Waals surface area (Å²) in [5, 5.41) is 9.01. The van der Waals surface area contributed by atoms with Crippen LogP contribution in [0, 0.1) is 0 Å². The van der Waals surface area contributed by atoms with E-state index >= 15 is 0 Å². The second-order valence-corrected chi connectivity index (χ2v) is 7.73. The maximum Gasteiger partial charge on any atom is 0.163 e. The fourth-order valence-corrected chi connectivity index (χ4v) is 3.57. The van der Waals surface area contributed by atoms with Gasteiger partial charge in [0.1, 0.15) is 0 Å². The quantitative estimate of drug-likeness (QED) is 0.422. The third kappa shape index (κ3) is 9.07. The average molecular weight is 329 g/mol. The van der Waals surface area contributed by atoms with Crippen LogP contribution in [-0.2, 0) is 9.47 Å². The van der Waals surface area contributed by atoms with Gasteiger partial charge in [-0.15, -0.1) is 0 Å². The van der Waals surface area contributed by atoms with Crippen molar-refractivity contribution in [1.82, 2.24) is 0 Å². The number of aliphatic hydroxyl groups is 1. The first kappa shape index (κ1) is 20.9. The molecular formula is C20H40O3. The van der Waals surface area contributed by atoms with Gasteiger partial charge < -0.3 is 14.6 Å². The molecule has 0 aromatic carbocycles. The maximum atomic E-state index is 9.01. The molecule has 1 aliphatic heterocycles. The normalized spacial score (nSPS) is 23.5. The Kier molecular flexibility index (Phi) is 10.4. The van der Waals surface area contributed by atoms with Gasteiger partial charge in [0, 0.05) is 6.61 Å². The average Bonchev–Trinajstić information content (AvgIpc) is 2.82. The smallest absolute Gasteiger partial charge is 0.163 e. The molecule has 3 nitrogen and oxygen atoms in total. The minimum Gasteiger partial charge on any atom is -0.396 e. The summed E-state index contributed by atoms with van der Waals surface area (Å²) in [5.74, 6) is -0.446. The summed E-state index contributed by atoms with van der Waals surface area (Å²) in [4.78, 5) is 0. The van der Waals surface area contributed by atoms with Crippen LogP contribution in [0.25, 0.3) is 0 Å². The van der Waals surface area contributed by atoms with Gasteiger partial charge in [-0.2, -0.15) is 0 Å². The number of aliphatic hydroxyl groups excluding tert-OH is 1. The molecule has 1 N–H and O–H groups in total. The van der Waals surface area contributed by atoms with Crippen molar-refractivity contribution in [2.45, 2.75) is 116 Å². The van der Waals surface area contributed by atoms with Crippen LogP contribution in [0.5, 0.6) is 0 Å². The summed E-state index contributed by atoms with van der Waals surface area (Å²) in [5.41, 5.74) is -0.111. The van der Waals surface area contributed by atoms with E-state index in [1.54, 1.807) is 0 Å². The van der Waals surface area contributed by atoms with E-state index in [0.29, 0.717) is 6.61 Å². The van der Waals surface area contributed by atoms with E-state index in [1.807, 2.05) is 13.8 Å². The minimum absolute atomic E-state index is 0.111. The highest BCUT2D eigenvalue weighted by Gasteiger charge is 2.44. The van der Waals surface area contributed by atoms with Crippen LogP contribution in [0.3, 0.4) is 0 Å². The molecule has 0 unspecified atom stereocenters. The van der Waals surface area contributed by atoms with E-state index in [0.717, 1.165) is 25.7 Å². The Morgan fingerprint density at radius 3 is 1.78 bits per heavy atom. The second kappa shape index (κ2) is 11.4. The Hall–Kier alpha value is -0.120. The number of ether oxygens (including phenoxy) is 2. The van der Waals surface area contributed by atoms with Crippen molar-refractivity contribution in [3.63, 3.8) is 0 Å². The Bertz CT molecular complexity index is 291. The van der Waals surface area contributed by atoms with Crippen LogP contribution in [0.1, 0.15) is 104 Å². The summed E-state index contributed by atoms with van der Waals surface area (Å²) in [6.45, 7) is 7.28. The molecule has 138 valence electrons. The fourth-order valence-electron chi connectivity index (χ4n) is 3.57. The van der Waals surface area contributed by atoms with E-state index in [-0.39, 0.29) is 12.2 Å². The number of rotatable bonds is 14. The molecule has 23 heavy (non-hydrogen) atoms. The molecule has 1 fully saturated rings. The zero-order chi connectivity index (χ0) is 17.0. The van der Waals surface area contributed by atoms with Crippen molar-refractivity contribution in [3.8, 4) is 0 Å². The molecule has 1 atom stereocenters. The van der Waals surface area contributed by atoms with Crippen molar-refractivity contribution in [2.75, 3.05) is 13.2 Å². The zero-order valence-corrected chi connectivity index (χ0v) is 15.9. The van der Waals surface area contributed by atoms with E-state index in [9.17, 15) is 0 Å². The van der Waals surface area contributed by atoms with Gasteiger partial charge in [-0.3, -0.25) is 0 Å². The second-order valence-electron chi connectivity index (χ2n) is 7.73. The molecule has 1 heterocycles. The van der Waals surface area contributed by atoms with E-state index < -0.39 is 5.79 Å². The first-order valence-electron chi connectivity index (χ1n) is 9.99. The van der Waals surface area contributed by atoms with Gasteiger partial charge in [-0.25, -0.2) is 0 Å². The molecule has 1 aliphatic rings. The standard InChI is InChI=1S/C20H40O3/c1-4-5-6-7-8-9-10-11-12-15-20(16-13-14-17-21)18-22-19(2,3)23-20/h21H,4-18H2,1-3H3/t20-/m1/s1. The Morgan fingerprint density at radius 1 is 0.783 bits per heavy atom. The molecular weight excluding hydrogens is 288 g/mol. The topological polar surface area (TPSA) is 38.7 Å². The molecule has 0 spiro atoms. The predicted molar refractivity (Wildman–Crippen MR) is 96.6 cm³/mol. The minimum atomic E-state index is -0.446. The lowest BCUT2D eigenvalue weighted by molar-refractivity contribution is -0.164. The van der Waals surface area contributed by atoms with Crippen LogP contribution in [-0.4, -0.2) is 29.7 Å². The zero-order valence-electron chi connectivity index (χ0n) is 15.9. The summed E-state index contributed by atoms with van der Waals surface area (Å²) in [7, 11) is 0. The highest BCUT2D eigenvalue weighted by molar-refractivity contribution is 4.88. The Morgan fingerprint density at radius 2 is 1.30 bits per heavy atom. The molecule has 0 aliphatic carbocycles. The number of hydrogen-bond donors (Lipinski definition) is 1. The van der Waals surface area contributed by atoms with Crippen molar-refractivity contribution in [2.24, 2.45) is 0 Å². The molecule has 0 aromatic heterocycles. The molecule has 1 saturated heterocycles. The lowest BCUT2D eigenvalue weighted by Gasteiger charge is -2.29. The van der Waals surface area contributed by atoms with Gasteiger partial charge >= 0.3 is 0 Å². The molecule has 1 rings (SSSR count). The molecule has 0 bridgehead atoms. The summed E-state index contributed by atoms with van der Waals surface area (Å²) in [6, 6.07) is 0. The highest BCUT2D eigenvalue weighted by atomic mass is 16.8. The van der Waals surface area contributed by atoms with Gasteiger partial charge in [0.15, 0.2) is 5.79 Å². The van der Waals surface area contributed by atoms with Crippen LogP contribution in [0.2, 0.25) is 0 Å². The lowest BCUT2D eigenvalue weighted by atomic mass is 9.91. The van der Waals surface area contributed by atoms with E-state index in [1.165, 1.54) is 57.8 Å². The van der Waals surface area contributed by atoms with Crippen molar-refractivity contribution in [1.29, 1.82) is 0 Å². The molecule has 0 saturated carbocycles. The highest BCUT2D eigenvalue weighted by Crippen LogP contribution is 2.38. The van der Waals surface area contributed by atoms with Crippen molar-refractivity contribution in [3.05, 3.63) is 0 Å². The largest absolute Gasteiger partial charge is 0.396 e. The Labute approximate surface area is 144 Å². The summed E-state index contributed by atoms with van der Waals surface area (Å²) in [6.07, 6.45) is 16.2. The summed E-state index contributed by atoms with van der Waals surface area (Å²) < 4.78 is 12.1. The predicted octanol–water partition coefficient (Wildman–Crippen LogP) is 5.59. The molecule has 0 radical (unpaired) electrons. The molecule has 0 amide bonds. The third-order valence-corrected chi connectivity index (χ3v) is 4.92. The van der Waals surface area contributed by atoms with Crippen LogP contribution >= 0.6 is 0 Å². The fraction of sp³-hybridized carbons (Fsp3) is 1.00. The Balaban J connectivity index is 2.17. The van der Waals surface area contributed by atoms with E-state index in [2.05, 4.69) is 6.92 Å². The van der Waals surface area contributed by atoms with Crippen LogP contribution < -0.4 is 0 Å². The lowest BCUT2D eigenvalue weighted by Crippen LogP contribution is -2.34. The first-order chi connectivity index (χ1) is 11.0. The molecule has 3 heteroatoms. The number of hydrogen-bond acceptors (Lipinski definition) is 3. The monoisotopic (exact) mass is 328 g/mol. The first-order valence-corrected chi connectivity index (χ1v) is 9.99. The van der Waals surface area contributed by atoms with Gasteiger partial charge in [0.05, 0.1) is 12.2 Å². The number of unbranched alkanes of at least 4 members (excludes halogenated alkanes) is 9. The third-order valence-electron chi connectivity index (χ3n) is 4.92. The van der Waals surface area contributed by atoms with Gasteiger partial charge in [0.2, 0.25) is 0 Å².